The second kappa shape index (κ2) is 7.73. The van der Waals surface area contributed by atoms with Gasteiger partial charge in [-0.2, -0.15) is 5.26 Å². The van der Waals surface area contributed by atoms with Crippen molar-refractivity contribution < 1.29 is 13.6 Å². The number of alkyl halides is 2. The molecular weight excluding hydrogens is 390 g/mol. The minimum absolute atomic E-state index is 0.00829. The second-order valence-electron chi connectivity index (χ2n) is 9.45. The second-order valence-corrected chi connectivity index (χ2v) is 9.45. The van der Waals surface area contributed by atoms with E-state index >= 15 is 0 Å². The lowest BCUT2D eigenvalue weighted by Crippen LogP contribution is -2.58. The molecule has 9 heteroatoms. The molecule has 30 heavy (non-hydrogen) atoms. The first-order valence-electron chi connectivity index (χ1n) is 10.6. The van der Waals surface area contributed by atoms with E-state index in [2.05, 4.69) is 27.5 Å². The average molecular weight is 418 g/mol. The van der Waals surface area contributed by atoms with E-state index in [0.29, 0.717) is 11.9 Å². The topological polar surface area (TPSA) is 93.9 Å². The molecule has 0 aromatic carbocycles. The molecule has 1 atom stereocenters. The lowest BCUT2D eigenvalue weighted by Gasteiger charge is -2.52. The molecule has 2 heterocycles. The van der Waals surface area contributed by atoms with E-state index in [0.717, 1.165) is 43.4 Å². The quantitative estimate of drug-likeness (QED) is 0.707. The fourth-order valence-electron chi connectivity index (χ4n) is 5.26. The van der Waals surface area contributed by atoms with Crippen LogP contribution in [0.5, 0.6) is 0 Å². The van der Waals surface area contributed by atoms with E-state index in [1.807, 2.05) is 6.07 Å². The van der Waals surface area contributed by atoms with E-state index < -0.39 is 30.8 Å². The highest BCUT2D eigenvalue weighted by Crippen LogP contribution is 2.47. The Hall–Kier alpha value is -2.34. The summed E-state index contributed by atoms with van der Waals surface area (Å²) in [5.74, 6) is -2.23. The number of nitrogens with zero attached hydrogens (tertiary/aromatic N) is 4. The van der Waals surface area contributed by atoms with Gasteiger partial charge in [0.2, 0.25) is 11.9 Å². The maximum atomic E-state index is 13.6. The zero-order valence-corrected chi connectivity index (χ0v) is 17.2. The van der Waals surface area contributed by atoms with Crippen LogP contribution < -0.4 is 10.6 Å². The maximum absolute atomic E-state index is 13.6. The molecule has 1 aromatic heterocycles. The molecule has 1 aromatic rings. The smallest absolute Gasteiger partial charge is 0.268 e. The molecule has 1 amide bonds. The Balaban J connectivity index is 1.27. The van der Waals surface area contributed by atoms with Crippen LogP contribution in [0, 0.1) is 17.2 Å². The van der Waals surface area contributed by atoms with E-state index in [9.17, 15) is 13.6 Å². The third kappa shape index (κ3) is 4.38. The Morgan fingerprint density at radius 1 is 1.30 bits per heavy atom. The van der Waals surface area contributed by atoms with Gasteiger partial charge in [-0.05, 0) is 57.4 Å². The van der Waals surface area contributed by atoms with Gasteiger partial charge in [0.05, 0.1) is 19.2 Å². The molecule has 0 bridgehead atoms. The predicted molar refractivity (Wildman–Crippen MR) is 107 cm³/mol. The number of anilines is 1. The standard InChI is InChI=1S/C21H28F2N6O/c1-19(28-18-25-6-3-7-26-18)8-15(9-19)10-20(4-2-5-20)27-13-17(30)29-14-21(22,23)11-16(29)12-24/h3,6-7,15-16,27H,2,4-5,8-11,13-14H2,1H3,(H,25,26,28)/t15?,16-,19?/m0/s1. The number of nitriles is 1. The van der Waals surface area contributed by atoms with Crippen LogP contribution in [0.3, 0.4) is 0 Å². The summed E-state index contributed by atoms with van der Waals surface area (Å²) in [4.78, 5) is 22.0. The van der Waals surface area contributed by atoms with E-state index in [1.54, 1.807) is 18.5 Å². The maximum Gasteiger partial charge on any atom is 0.268 e. The number of hydrogen-bond acceptors (Lipinski definition) is 6. The van der Waals surface area contributed by atoms with Gasteiger partial charge < -0.3 is 15.5 Å². The first-order valence-corrected chi connectivity index (χ1v) is 10.6. The van der Waals surface area contributed by atoms with Crippen molar-refractivity contribution in [1.29, 1.82) is 5.26 Å². The highest BCUT2D eigenvalue weighted by molar-refractivity contribution is 5.79. The molecule has 4 rings (SSSR count). The van der Waals surface area contributed by atoms with Gasteiger partial charge in [-0.25, -0.2) is 18.7 Å². The van der Waals surface area contributed by atoms with Crippen LogP contribution in [0.25, 0.3) is 0 Å². The SMILES string of the molecule is CC1(Nc2ncccn2)CC(CC2(NCC(=O)N3CC(F)(F)C[C@H]3C#N)CCC2)C1. The molecule has 3 fully saturated rings. The van der Waals surface area contributed by atoms with Gasteiger partial charge >= 0.3 is 0 Å². The molecule has 0 spiro atoms. The van der Waals surface area contributed by atoms with Gasteiger partial charge in [0.25, 0.3) is 5.92 Å². The molecule has 1 aliphatic heterocycles. The Morgan fingerprint density at radius 2 is 2.00 bits per heavy atom. The molecular formula is C21H28F2N6O. The first-order chi connectivity index (χ1) is 14.2. The normalized spacial score (nSPS) is 31.3. The molecule has 2 aliphatic carbocycles. The molecule has 162 valence electrons. The average Bonchev–Trinajstić information content (AvgIpc) is 2.97. The van der Waals surface area contributed by atoms with Gasteiger partial charge in [0, 0.05) is 29.9 Å². The zero-order chi connectivity index (χ0) is 21.4. The van der Waals surface area contributed by atoms with Crippen LogP contribution in [0.15, 0.2) is 18.5 Å². The molecule has 0 unspecified atom stereocenters. The number of hydrogen-bond donors (Lipinski definition) is 2. The Bertz CT molecular complexity index is 817. The van der Waals surface area contributed by atoms with Gasteiger partial charge in [-0.1, -0.05) is 0 Å². The number of aromatic nitrogens is 2. The summed E-state index contributed by atoms with van der Waals surface area (Å²) < 4.78 is 27.2. The van der Waals surface area contributed by atoms with E-state index in [1.165, 1.54) is 0 Å². The fraction of sp³-hybridized carbons (Fsp3) is 0.714. The summed E-state index contributed by atoms with van der Waals surface area (Å²) in [5, 5.41) is 15.9. The molecule has 1 saturated heterocycles. The Labute approximate surface area is 175 Å². The molecule has 2 saturated carbocycles. The lowest BCUT2D eigenvalue weighted by molar-refractivity contribution is -0.132. The molecule has 2 N–H and O–H groups in total. The van der Waals surface area contributed by atoms with Gasteiger partial charge in [0.15, 0.2) is 0 Å². The van der Waals surface area contributed by atoms with Crippen molar-refractivity contribution in [3.63, 3.8) is 0 Å². The van der Waals surface area contributed by atoms with Crippen molar-refractivity contribution in [2.45, 2.75) is 74.9 Å². The lowest BCUT2D eigenvalue weighted by atomic mass is 9.61. The largest absolute Gasteiger partial charge is 0.349 e. The van der Waals surface area contributed by atoms with Gasteiger partial charge in [0.1, 0.15) is 6.04 Å². The van der Waals surface area contributed by atoms with Crippen LogP contribution in [-0.4, -0.2) is 56.9 Å². The summed E-state index contributed by atoms with van der Waals surface area (Å²) in [6.07, 6.45) is 8.89. The van der Waals surface area contributed by atoms with Crippen molar-refractivity contribution in [2.75, 3.05) is 18.4 Å². The number of rotatable bonds is 7. The number of halogens is 2. The summed E-state index contributed by atoms with van der Waals surface area (Å²) >= 11 is 0. The number of likely N-dealkylation sites (tertiary alicyclic amines) is 1. The minimum atomic E-state index is -2.98. The summed E-state index contributed by atoms with van der Waals surface area (Å²) in [5.41, 5.74) is -0.136. The van der Waals surface area contributed by atoms with Gasteiger partial charge in [-0.15, -0.1) is 0 Å². The number of amides is 1. The van der Waals surface area contributed by atoms with Crippen LogP contribution in [-0.2, 0) is 4.79 Å². The molecule has 0 radical (unpaired) electrons. The highest BCUT2D eigenvalue weighted by atomic mass is 19.3. The van der Waals surface area contributed by atoms with E-state index in [4.69, 9.17) is 5.26 Å². The molecule has 3 aliphatic rings. The minimum Gasteiger partial charge on any atom is -0.349 e. The number of nitrogens with one attached hydrogen (secondary N) is 2. The van der Waals surface area contributed by atoms with Crippen molar-refractivity contribution in [1.82, 2.24) is 20.2 Å². The van der Waals surface area contributed by atoms with Gasteiger partial charge in [-0.3, -0.25) is 4.79 Å². The third-order valence-electron chi connectivity index (χ3n) is 6.80. The van der Waals surface area contributed by atoms with Crippen LogP contribution in [0.4, 0.5) is 14.7 Å². The van der Waals surface area contributed by atoms with Crippen molar-refractivity contribution in [2.24, 2.45) is 5.92 Å². The van der Waals surface area contributed by atoms with Crippen LogP contribution >= 0.6 is 0 Å². The first kappa shape index (κ1) is 20.9. The van der Waals surface area contributed by atoms with Crippen molar-refractivity contribution >= 4 is 11.9 Å². The number of carbonyl (C=O) groups is 1. The predicted octanol–water partition coefficient (Wildman–Crippen LogP) is 2.72. The van der Waals surface area contributed by atoms with Crippen molar-refractivity contribution in [3.05, 3.63) is 18.5 Å². The van der Waals surface area contributed by atoms with Crippen LogP contribution in [0.2, 0.25) is 0 Å². The summed E-state index contributed by atoms with van der Waals surface area (Å²) in [6.45, 7) is 1.52. The fourth-order valence-corrected chi connectivity index (χ4v) is 5.26. The van der Waals surface area contributed by atoms with Crippen molar-refractivity contribution in [3.8, 4) is 6.07 Å². The summed E-state index contributed by atoms with van der Waals surface area (Å²) in [7, 11) is 0. The Kier molecular flexibility index (Phi) is 5.39. The monoisotopic (exact) mass is 418 g/mol. The Morgan fingerprint density at radius 3 is 2.60 bits per heavy atom. The highest BCUT2D eigenvalue weighted by Gasteiger charge is 2.49. The summed E-state index contributed by atoms with van der Waals surface area (Å²) in [6, 6.07) is 2.58. The van der Waals surface area contributed by atoms with Crippen LogP contribution in [0.1, 0.15) is 51.9 Å². The zero-order valence-electron chi connectivity index (χ0n) is 17.2. The number of carbonyl (C=O) groups excluding carboxylic acids is 1. The third-order valence-corrected chi connectivity index (χ3v) is 6.80. The van der Waals surface area contributed by atoms with E-state index in [-0.39, 0.29) is 17.6 Å². The molecule has 7 nitrogen and oxygen atoms in total.